The summed E-state index contributed by atoms with van der Waals surface area (Å²) in [5.74, 6) is -1.50. The number of thiophene rings is 1. The summed E-state index contributed by atoms with van der Waals surface area (Å²) < 4.78 is 28.2. The van der Waals surface area contributed by atoms with Crippen LogP contribution in [0.25, 0.3) is 11.3 Å². The second kappa shape index (κ2) is 10.8. The molecule has 0 amide bonds. The molecule has 0 spiro atoms. The second-order valence-electron chi connectivity index (χ2n) is 8.91. The van der Waals surface area contributed by atoms with Crippen LogP contribution in [0.15, 0.2) is 58.1 Å². The standard InChI is InChI=1S/C25H24ClFN4O5S/c1-25(2,14-35-3)24(34)31-21(28-11-16-4-6-20(26)37-16)10-18(29-31)17-5-7-22(33)30(23(17)27)12-19(32)15-8-9-36-13-15/h4-10,13,28H,11-12,14H2,1-3H3. The summed E-state index contributed by atoms with van der Waals surface area (Å²) in [5.41, 5.74) is -1.35. The molecule has 1 N–H and O–H groups in total. The number of nitrogens with zero attached hydrogens (tertiary/aromatic N) is 3. The molecule has 0 saturated heterocycles. The predicted molar refractivity (Wildman–Crippen MR) is 138 cm³/mol. The van der Waals surface area contributed by atoms with Gasteiger partial charge in [0.05, 0.1) is 52.5 Å². The van der Waals surface area contributed by atoms with E-state index >= 15 is 4.39 Å². The minimum atomic E-state index is -0.950. The van der Waals surface area contributed by atoms with Crippen LogP contribution >= 0.6 is 22.9 Å². The molecule has 0 unspecified atom stereocenters. The number of furan rings is 1. The number of Topliss-reactive ketones (excluding diaryl/α,β-unsaturated/α-hetero) is 1. The van der Waals surface area contributed by atoms with Gasteiger partial charge in [-0.2, -0.15) is 14.2 Å². The molecule has 0 bridgehead atoms. The van der Waals surface area contributed by atoms with Crippen LogP contribution in [-0.4, -0.2) is 39.8 Å². The van der Waals surface area contributed by atoms with Crippen molar-refractivity contribution in [2.24, 2.45) is 5.41 Å². The van der Waals surface area contributed by atoms with Gasteiger partial charge >= 0.3 is 0 Å². The monoisotopic (exact) mass is 546 g/mol. The molecule has 0 aromatic carbocycles. The average molecular weight is 547 g/mol. The third-order valence-corrected chi connectivity index (χ3v) is 6.83. The number of methoxy groups -OCH3 is 1. The van der Waals surface area contributed by atoms with Crippen molar-refractivity contribution in [2.75, 3.05) is 19.0 Å². The molecule has 9 nitrogen and oxygen atoms in total. The molecule has 12 heteroatoms. The van der Waals surface area contributed by atoms with E-state index in [1.807, 2.05) is 6.07 Å². The number of ether oxygens (including phenoxy) is 1. The zero-order chi connectivity index (χ0) is 26.7. The molecule has 194 valence electrons. The number of halogens is 2. The van der Waals surface area contributed by atoms with Gasteiger partial charge in [-0.1, -0.05) is 11.6 Å². The summed E-state index contributed by atoms with van der Waals surface area (Å²) in [6.45, 7) is 3.39. The highest BCUT2D eigenvalue weighted by molar-refractivity contribution is 7.16. The minimum Gasteiger partial charge on any atom is -0.472 e. The Hall–Kier alpha value is -3.54. The van der Waals surface area contributed by atoms with Gasteiger partial charge in [0.1, 0.15) is 12.1 Å². The third kappa shape index (κ3) is 5.74. The fourth-order valence-corrected chi connectivity index (χ4v) is 4.71. The lowest BCUT2D eigenvalue weighted by Crippen LogP contribution is -2.35. The van der Waals surface area contributed by atoms with Gasteiger partial charge in [0.15, 0.2) is 5.78 Å². The van der Waals surface area contributed by atoms with Gasteiger partial charge in [-0.15, -0.1) is 11.3 Å². The number of hydrogen-bond acceptors (Lipinski definition) is 8. The van der Waals surface area contributed by atoms with Crippen LogP contribution in [-0.2, 0) is 17.8 Å². The number of carbonyl (C=O) groups excluding carboxylic acids is 2. The Labute approximate surface area is 220 Å². The number of pyridine rings is 1. The summed E-state index contributed by atoms with van der Waals surface area (Å²) in [5, 5.41) is 7.54. The van der Waals surface area contributed by atoms with Gasteiger partial charge in [-0.3, -0.25) is 19.0 Å². The summed E-state index contributed by atoms with van der Waals surface area (Å²) in [7, 11) is 1.49. The van der Waals surface area contributed by atoms with Crippen molar-refractivity contribution in [1.29, 1.82) is 0 Å². The van der Waals surface area contributed by atoms with E-state index in [0.717, 1.165) is 20.2 Å². The van der Waals surface area contributed by atoms with E-state index in [1.165, 1.54) is 49.2 Å². The largest absolute Gasteiger partial charge is 0.472 e. The lowest BCUT2D eigenvalue weighted by molar-refractivity contribution is 0.0529. The fourth-order valence-electron chi connectivity index (χ4n) is 3.68. The number of aromatic nitrogens is 3. The van der Waals surface area contributed by atoms with Gasteiger partial charge in [0, 0.05) is 24.1 Å². The average Bonchev–Trinajstić information content (AvgIpc) is 3.61. The number of nitrogens with one attached hydrogen (secondary N) is 1. The van der Waals surface area contributed by atoms with E-state index in [-0.39, 0.29) is 29.3 Å². The smallest absolute Gasteiger partial charge is 0.256 e. The normalized spacial score (nSPS) is 11.6. The number of anilines is 1. The first-order valence-electron chi connectivity index (χ1n) is 11.2. The van der Waals surface area contributed by atoms with Crippen LogP contribution in [0, 0.1) is 11.4 Å². The molecule has 0 aliphatic heterocycles. The van der Waals surface area contributed by atoms with Gasteiger partial charge in [0.25, 0.3) is 11.5 Å². The van der Waals surface area contributed by atoms with E-state index in [1.54, 1.807) is 19.9 Å². The first kappa shape index (κ1) is 26.5. The highest BCUT2D eigenvalue weighted by Crippen LogP contribution is 2.29. The van der Waals surface area contributed by atoms with Crippen LogP contribution in [0.3, 0.4) is 0 Å². The summed E-state index contributed by atoms with van der Waals surface area (Å²) >= 11 is 7.40. The Morgan fingerprint density at radius 3 is 2.68 bits per heavy atom. The number of rotatable bonds is 10. The molecule has 0 radical (unpaired) electrons. The minimum absolute atomic E-state index is 0.0436. The number of ketones is 1. The fraction of sp³-hybridized carbons (Fsp3) is 0.280. The highest BCUT2D eigenvalue weighted by atomic mass is 35.5. The van der Waals surface area contributed by atoms with Crippen LogP contribution < -0.4 is 10.9 Å². The first-order valence-corrected chi connectivity index (χ1v) is 12.4. The summed E-state index contributed by atoms with van der Waals surface area (Å²) in [6.07, 6.45) is 2.54. The Kier molecular flexibility index (Phi) is 7.76. The Bertz CT molecular complexity index is 1490. The predicted octanol–water partition coefficient (Wildman–Crippen LogP) is 4.97. The van der Waals surface area contributed by atoms with Crippen molar-refractivity contribution in [3.05, 3.63) is 80.0 Å². The lowest BCUT2D eigenvalue weighted by atomic mass is 9.94. The molecule has 4 aromatic rings. The highest BCUT2D eigenvalue weighted by Gasteiger charge is 2.32. The molecule has 4 heterocycles. The second-order valence-corrected chi connectivity index (χ2v) is 10.7. The number of hydrogen-bond donors (Lipinski definition) is 1. The molecule has 0 aliphatic carbocycles. The maximum atomic E-state index is 15.6. The van der Waals surface area contributed by atoms with E-state index in [0.29, 0.717) is 16.7 Å². The van der Waals surface area contributed by atoms with Gasteiger partial charge in [-0.05, 0) is 38.1 Å². The topological polar surface area (TPSA) is 108 Å². The van der Waals surface area contributed by atoms with Gasteiger partial charge < -0.3 is 14.5 Å². The number of carbonyl (C=O) groups is 2. The Balaban J connectivity index is 1.73. The molecule has 37 heavy (non-hydrogen) atoms. The Morgan fingerprint density at radius 1 is 1.24 bits per heavy atom. The summed E-state index contributed by atoms with van der Waals surface area (Å²) in [4.78, 5) is 39.2. The van der Waals surface area contributed by atoms with Crippen molar-refractivity contribution < 1.29 is 23.1 Å². The van der Waals surface area contributed by atoms with Crippen molar-refractivity contribution in [1.82, 2.24) is 14.3 Å². The van der Waals surface area contributed by atoms with Crippen LogP contribution in [0.5, 0.6) is 0 Å². The van der Waals surface area contributed by atoms with Crippen molar-refractivity contribution >= 4 is 40.4 Å². The molecule has 0 saturated carbocycles. The molecule has 4 rings (SSSR count). The maximum absolute atomic E-state index is 15.6. The first-order chi connectivity index (χ1) is 17.6. The lowest BCUT2D eigenvalue weighted by Gasteiger charge is -2.22. The van der Waals surface area contributed by atoms with E-state index in [2.05, 4.69) is 10.4 Å². The van der Waals surface area contributed by atoms with Crippen molar-refractivity contribution in [2.45, 2.75) is 26.9 Å². The quantitative estimate of drug-likeness (QED) is 0.221. The SMILES string of the molecule is COCC(C)(C)C(=O)n1nc(-c2ccc(=O)n(CC(=O)c3ccoc3)c2F)cc1NCc1ccc(Cl)s1. The molecule has 0 atom stereocenters. The zero-order valence-corrected chi connectivity index (χ0v) is 21.9. The third-order valence-electron chi connectivity index (χ3n) is 5.60. The Morgan fingerprint density at radius 2 is 2.03 bits per heavy atom. The maximum Gasteiger partial charge on any atom is 0.256 e. The molecule has 0 fully saturated rings. The zero-order valence-electron chi connectivity index (χ0n) is 20.3. The molecule has 0 aliphatic rings. The molecular weight excluding hydrogens is 523 g/mol. The van der Waals surface area contributed by atoms with E-state index < -0.39 is 29.2 Å². The van der Waals surface area contributed by atoms with Crippen LogP contribution in [0.1, 0.15) is 33.9 Å². The van der Waals surface area contributed by atoms with E-state index in [4.69, 9.17) is 20.8 Å². The van der Waals surface area contributed by atoms with Crippen molar-refractivity contribution in [3.63, 3.8) is 0 Å². The van der Waals surface area contributed by atoms with Crippen LogP contribution in [0.2, 0.25) is 4.34 Å². The molecular formula is C25H24ClFN4O5S. The summed E-state index contributed by atoms with van der Waals surface area (Å²) in [6, 6.07) is 8.99. The van der Waals surface area contributed by atoms with E-state index in [9.17, 15) is 14.4 Å². The van der Waals surface area contributed by atoms with Crippen LogP contribution in [0.4, 0.5) is 10.2 Å². The van der Waals surface area contributed by atoms with Gasteiger partial charge in [-0.25, -0.2) is 0 Å². The van der Waals surface area contributed by atoms with Gasteiger partial charge in [0.2, 0.25) is 5.95 Å². The molecule has 4 aromatic heterocycles. The van der Waals surface area contributed by atoms with Crippen molar-refractivity contribution in [3.8, 4) is 11.3 Å².